The lowest BCUT2D eigenvalue weighted by atomic mass is 10.1. The summed E-state index contributed by atoms with van der Waals surface area (Å²) in [6.07, 6.45) is -5.31. The second-order valence-electron chi connectivity index (χ2n) is 5.56. The Labute approximate surface area is 168 Å². The molecule has 0 radical (unpaired) electrons. The molecule has 1 atom stereocenters. The second-order valence-corrected chi connectivity index (χ2v) is 8.98. The summed E-state index contributed by atoms with van der Waals surface area (Å²) in [5.41, 5.74) is -0.219. The van der Waals surface area contributed by atoms with Crippen molar-refractivity contribution in [1.82, 2.24) is 0 Å². The quantitative estimate of drug-likeness (QED) is 0.535. The highest BCUT2D eigenvalue weighted by Gasteiger charge is 2.42. The van der Waals surface area contributed by atoms with Gasteiger partial charge in [0.15, 0.2) is 5.78 Å². The highest BCUT2D eigenvalue weighted by Crippen LogP contribution is 2.41. The molecule has 5 nitrogen and oxygen atoms in total. The van der Waals surface area contributed by atoms with Crippen LogP contribution in [0.3, 0.4) is 0 Å². The van der Waals surface area contributed by atoms with Crippen LogP contribution in [0.25, 0.3) is 0 Å². The van der Waals surface area contributed by atoms with E-state index in [0.717, 1.165) is 18.2 Å². The maximum atomic E-state index is 13.4. The minimum atomic E-state index is -5.31. The van der Waals surface area contributed by atoms with E-state index in [1.54, 1.807) is 0 Å². The predicted molar refractivity (Wildman–Crippen MR) is 94.7 cm³/mol. The van der Waals surface area contributed by atoms with E-state index >= 15 is 0 Å². The largest absolute Gasteiger partial charge is 0.474 e. The number of carbonyl (C=O) groups excluding carboxylic acids is 2. The molecule has 148 valence electrons. The Hall–Kier alpha value is -1.98. The summed E-state index contributed by atoms with van der Waals surface area (Å²) in [6, 6.07) is 5.65. The van der Waals surface area contributed by atoms with E-state index in [0.29, 0.717) is 0 Å². The van der Waals surface area contributed by atoms with Gasteiger partial charge in [0, 0.05) is 11.1 Å². The summed E-state index contributed by atoms with van der Waals surface area (Å²) in [6.45, 7) is 0. The third-order valence-electron chi connectivity index (χ3n) is 3.55. The van der Waals surface area contributed by atoms with E-state index in [9.17, 15) is 31.4 Å². The average Bonchev–Trinajstić information content (AvgIpc) is 2.79. The van der Waals surface area contributed by atoms with Crippen LogP contribution < -0.4 is 4.74 Å². The normalized spacial score (nSPS) is 18.7. The first-order valence-corrected chi connectivity index (χ1v) is 10.1. The molecule has 0 aliphatic carbocycles. The van der Waals surface area contributed by atoms with Crippen molar-refractivity contribution in [3.05, 3.63) is 51.2 Å². The van der Waals surface area contributed by atoms with Crippen LogP contribution in [0.1, 0.15) is 10.4 Å². The topological polar surface area (TPSA) is 72.8 Å². The maximum Gasteiger partial charge on any atom is 0.474 e. The Balaban J connectivity index is 2.07. The highest BCUT2D eigenvalue weighted by molar-refractivity contribution is 9.10. The Morgan fingerprint density at radius 1 is 1.25 bits per heavy atom. The summed E-state index contributed by atoms with van der Waals surface area (Å²) in [7, 11) is -3.93. The van der Waals surface area contributed by atoms with Crippen molar-refractivity contribution in [2.24, 2.45) is 4.36 Å². The molecule has 1 aliphatic rings. The smallest absolute Gasteiger partial charge is 0.456 e. The van der Waals surface area contributed by atoms with E-state index < -0.39 is 39.2 Å². The molecular formula is C16H7BrClF4NO4S. The number of hydrogen-bond acceptors (Lipinski definition) is 4. The first-order chi connectivity index (χ1) is 12.9. The number of fused-ring (bicyclic) bond motifs is 1. The molecule has 0 spiro atoms. The lowest BCUT2D eigenvalue weighted by Gasteiger charge is -2.11. The van der Waals surface area contributed by atoms with Gasteiger partial charge in [0.1, 0.15) is 23.1 Å². The lowest BCUT2D eigenvalue weighted by molar-refractivity contribution is -0.169. The highest BCUT2D eigenvalue weighted by atomic mass is 79.9. The van der Waals surface area contributed by atoms with Crippen LogP contribution in [-0.4, -0.2) is 27.8 Å². The summed E-state index contributed by atoms with van der Waals surface area (Å²) in [5, 5.41) is 0.0517. The molecule has 28 heavy (non-hydrogen) atoms. The molecule has 0 N–H and O–H groups in total. The molecule has 3 rings (SSSR count). The first-order valence-electron chi connectivity index (χ1n) is 7.26. The zero-order chi connectivity index (χ0) is 20.9. The molecular weight excluding hydrogens is 494 g/mol. The van der Waals surface area contributed by atoms with Crippen LogP contribution in [0.2, 0.25) is 5.02 Å². The Morgan fingerprint density at radius 3 is 2.54 bits per heavy atom. The zero-order valence-corrected chi connectivity index (χ0v) is 16.5. The molecule has 0 aromatic heterocycles. The predicted octanol–water partition coefficient (Wildman–Crippen LogP) is 5.15. The number of rotatable bonds is 2. The van der Waals surface area contributed by atoms with Crippen LogP contribution in [-0.2, 0) is 14.5 Å². The molecule has 0 saturated carbocycles. The minimum absolute atomic E-state index is 0.000403. The lowest BCUT2D eigenvalue weighted by Crippen LogP contribution is -2.22. The fourth-order valence-electron chi connectivity index (χ4n) is 2.45. The van der Waals surface area contributed by atoms with Gasteiger partial charge in [-0.2, -0.15) is 13.2 Å². The number of amides is 1. The van der Waals surface area contributed by atoms with E-state index in [1.165, 1.54) is 12.1 Å². The van der Waals surface area contributed by atoms with E-state index in [1.807, 2.05) is 0 Å². The molecule has 2 aromatic carbocycles. The van der Waals surface area contributed by atoms with Crippen LogP contribution in [0.15, 0.2) is 44.1 Å². The minimum Gasteiger partial charge on any atom is -0.456 e. The average molecular weight is 501 g/mol. The summed E-state index contributed by atoms with van der Waals surface area (Å²) < 4.78 is 71.8. The van der Waals surface area contributed by atoms with Crippen molar-refractivity contribution in [3.63, 3.8) is 0 Å². The summed E-state index contributed by atoms with van der Waals surface area (Å²) in [4.78, 5) is 23.1. The fourth-order valence-corrected chi connectivity index (χ4v) is 5.45. The Bertz CT molecular complexity index is 1120. The monoisotopic (exact) mass is 499 g/mol. The van der Waals surface area contributed by atoms with Gasteiger partial charge in [0.2, 0.25) is 0 Å². The van der Waals surface area contributed by atoms with Gasteiger partial charge in [-0.15, -0.1) is 4.36 Å². The standard InChI is InChI=1S/C16H7BrClF4NO4S/c17-14-11(27-9-4-7(18)3-8(19)5-9)1-2-12-13(14)10(24)6-28(12,26)23-15(25)16(20,21)22/h1-5H,6H2. The van der Waals surface area contributed by atoms with Gasteiger partial charge >= 0.3 is 12.1 Å². The van der Waals surface area contributed by atoms with Gasteiger partial charge in [-0.1, -0.05) is 11.6 Å². The Morgan fingerprint density at radius 2 is 1.93 bits per heavy atom. The van der Waals surface area contributed by atoms with Crippen molar-refractivity contribution < 1.29 is 36.1 Å². The fraction of sp³-hybridized carbons (Fsp3) is 0.125. The van der Waals surface area contributed by atoms with Gasteiger partial charge in [0.25, 0.3) is 0 Å². The van der Waals surface area contributed by atoms with E-state index in [-0.39, 0.29) is 31.5 Å². The van der Waals surface area contributed by atoms with Gasteiger partial charge in [-0.05, 0) is 40.2 Å². The van der Waals surface area contributed by atoms with E-state index in [4.69, 9.17) is 16.3 Å². The number of ether oxygens (including phenoxy) is 1. The molecule has 12 heteroatoms. The van der Waals surface area contributed by atoms with Gasteiger partial charge in [-0.25, -0.2) is 8.60 Å². The molecule has 2 aromatic rings. The van der Waals surface area contributed by atoms with Crippen LogP contribution >= 0.6 is 27.5 Å². The van der Waals surface area contributed by atoms with Crippen molar-refractivity contribution >= 4 is 49.0 Å². The van der Waals surface area contributed by atoms with Crippen molar-refractivity contribution in [1.29, 1.82) is 0 Å². The van der Waals surface area contributed by atoms with Gasteiger partial charge < -0.3 is 4.74 Å². The number of halogens is 6. The number of ketones is 1. The molecule has 0 saturated heterocycles. The van der Waals surface area contributed by atoms with Crippen LogP contribution in [0.4, 0.5) is 17.6 Å². The van der Waals surface area contributed by atoms with Crippen molar-refractivity contribution in [2.75, 3.05) is 5.75 Å². The number of hydrogen-bond donors (Lipinski definition) is 0. The third kappa shape index (κ3) is 3.91. The van der Waals surface area contributed by atoms with Crippen LogP contribution in [0, 0.1) is 5.82 Å². The van der Waals surface area contributed by atoms with Crippen LogP contribution in [0.5, 0.6) is 11.5 Å². The maximum absolute atomic E-state index is 13.4. The molecule has 1 unspecified atom stereocenters. The molecule has 1 amide bonds. The summed E-state index contributed by atoms with van der Waals surface area (Å²) >= 11 is 8.81. The van der Waals surface area contributed by atoms with Crippen molar-refractivity contribution in [3.8, 4) is 11.5 Å². The molecule has 1 aliphatic heterocycles. The number of nitrogens with zero attached hydrogens (tertiary/aromatic N) is 1. The molecule has 0 bridgehead atoms. The number of carbonyl (C=O) groups is 2. The third-order valence-corrected chi connectivity index (χ3v) is 6.70. The van der Waals surface area contributed by atoms with Gasteiger partial charge in [-0.3, -0.25) is 9.59 Å². The molecule has 1 heterocycles. The van der Waals surface area contributed by atoms with Gasteiger partial charge in [0.05, 0.1) is 24.7 Å². The number of benzene rings is 2. The second kappa shape index (κ2) is 7.12. The zero-order valence-electron chi connectivity index (χ0n) is 13.4. The first kappa shape index (κ1) is 20.7. The molecule has 0 fully saturated rings. The Kier molecular flexibility index (Phi) is 5.28. The summed E-state index contributed by atoms with van der Waals surface area (Å²) in [5.74, 6) is -4.88. The van der Waals surface area contributed by atoms with Crippen molar-refractivity contribution in [2.45, 2.75) is 11.1 Å². The SMILES string of the molecule is O=C1CS(=O)(=NC(=O)C(F)(F)F)c2ccc(Oc3cc(F)cc(Cl)c3)c(Br)c21. The van der Waals surface area contributed by atoms with E-state index in [2.05, 4.69) is 20.3 Å². The number of alkyl halides is 3. The number of Topliss-reactive ketones (excluding diaryl/α,β-unsaturated/α-hetero) is 1.